The van der Waals surface area contributed by atoms with Crippen LogP contribution in [0.5, 0.6) is 5.88 Å². The SMILES string of the molecule is C.CC(=O)c1ccc2[nH]c(O)c(C(C)=NC3CCN(C)CC3)c2c1.CN1CCC(N)CC1.CO/C(C)=C1/C(=O)N(C(C)=O)c2ccc(C(C)=O)cc21. The molecule has 0 saturated carbocycles. The number of hydrogen-bond acceptors (Lipinski definition) is 10. The molecule has 4 heterocycles. The molecule has 0 atom stereocenters. The number of aromatic hydroxyl groups is 1. The average molecular weight is 717 g/mol. The number of rotatable bonds is 5. The fourth-order valence-electron chi connectivity index (χ4n) is 6.50. The van der Waals surface area contributed by atoms with Gasteiger partial charge in [0.25, 0.3) is 5.91 Å². The quantitative estimate of drug-likeness (QED) is 0.128. The lowest BCUT2D eigenvalue weighted by molar-refractivity contribution is -0.122. The van der Waals surface area contributed by atoms with E-state index in [1.165, 1.54) is 46.9 Å². The van der Waals surface area contributed by atoms with Crippen LogP contribution in [0, 0.1) is 0 Å². The topological polar surface area (TPSA) is 162 Å². The van der Waals surface area contributed by atoms with Gasteiger partial charge in [0.2, 0.25) is 5.91 Å². The molecule has 3 aliphatic heterocycles. The molecule has 0 bridgehead atoms. The molecule has 2 fully saturated rings. The number of Topliss-reactive ketones (excluding diaryl/α,β-unsaturated/α-hetero) is 2. The molecule has 0 unspecified atom stereocenters. The number of nitrogens with zero attached hydrogens (tertiary/aromatic N) is 4. The average Bonchev–Trinajstić information content (AvgIpc) is 3.58. The van der Waals surface area contributed by atoms with Crippen LogP contribution in [0.15, 0.2) is 47.1 Å². The van der Waals surface area contributed by atoms with Crippen LogP contribution in [-0.4, -0.2) is 108 Å². The third-order valence-electron chi connectivity index (χ3n) is 9.68. The summed E-state index contributed by atoms with van der Waals surface area (Å²) in [4.78, 5) is 60.7. The number of likely N-dealkylation sites (tertiary alicyclic amines) is 2. The van der Waals surface area contributed by atoms with Crippen LogP contribution in [0.2, 0.25) is 0 Å². The van der Waals surface area contributed by atoms with Gasteiger partial charge in [-0.2, -0.15) is 0 Å². The molecule has 0 spiro atoms. The molecule has 282 valence electrons. The van der Waals surface area contributed by atoms with Gasteiger partial charge in [-0.15, -0.1) is 0 Å². The number of ketones is 2. The number of piperidine rings is 2. The van der Waals surface area contributed by atoms with Gasteiger partial charge >= 0.3 is 0 Å². The minimum atomic E-state index is -0.424. The number of methoxy groups -OCH3 is 1. The number of nitrogens with two attached hydrogens (primary N) is 1. The fourth-order valence-corrected chi connectivity index (χ4v) is 6.50. The molecule has 6 rings (SSSR count). The lowest BCUT2D eigenvalue weighted by Crippen LogP contribution is -2.37. The first-order valence-corrected chi connectivity index (χ1v) is 17.4. The molecule has 12 nitrogen and oxygen atoms in total. The van der Waals surface area contributed by atoms with E-state index in [0.29, 0.717) is 51.4 Å². The van der Waals surface area contributed by atoms with Crippen LogP contribution in [0.3, 0.4) is 0 Å². The number of fused-ring (bicyclic) bond motifs is 2. The number of ether oxygens (including phenoxy) is 1. The van der Waals surface area contributed by atoms with E-state index in [2.05, 4.69) is 28.9 Å². The van der Waals surface area contributed by atoms with E-state index < -0.39 is 5.91 Å². The van der Waals surface area contributed by atoms with Crippen molar-refractivity contribution in [3.8, 4) is 5.88 Å². The van der Waals surface area contributed by atoms with Gasteiger partial charge < -0.3 is 30.4 Å². The molecular formula is C40H56N6O6. The molecule has 2 amide bonds. The molecule has 4 N–H and O–H groups in total. The van der Waals surface area contributed by atoms with Crippen LogP contribution >= 0.6 is 0 Å². The smallest absolute Gasteiger partial charge is 0.269 e. The predicted molar refractivity (Wildman–Crippen MR) is 208 cm³/mol. The standard InChI is InChI=1S/C18H23N3O2.C15H15NO4.C6H14N2.CH4/c1-11(19-14-6-8-21(3)9-7-14)17-15-10-13(12(2)22)4-5-16(15)20-18(17)23;1-8(17)11-5-6-13-12(7-11)14(9(2)20-4)15(19)16(13)10(3)18;1-8-4-2-6(7)3-5-8;/h4-5,10,14,20,23H,6-9H2,1-3H3;5-7H,1-4H3;6H,2-5,7H2,1H3;1H4/b;14-9+;;. The third-order valence-corrected chi connectivity index (χ3v) is 9.68. The third kappa shape index (κ3) is 9.81. The molecule has 2 aromatic carbocycles. The molecule has 1 aromatic heterocycles. The zero-order chi connectivity index (χ0) is 37.6. The van der Waals surface area contributed by atoms with Crippen molar-refractivity contribution in [2.75, 3.05) is 52.3 Å². The minimum Gasteiger partial charge on any atom is -0.501 e. The Kier molecular flexibility index (Phi) is 14.6. The van der Waals surface area contributed by atoms with Crippen LogP contribution in [0.4, 0.5) is 5.69 Å². The van der Waals surface area contributed by atoms with E-state index in [4.69, 9.17) is 15.5 Å². The minimum absolute atomic E-state index is 0. The van der Waals surface area contributed by atoms with E-state index in [-0.39, 0.29) is 30.8 Å². The maximum atomic E-state index is 12.4. The molecule has 12 heteroatoms. The Balaban J connectivity index is 0.000000230. The van der Waals surface area contributed by atoms with Crippen molar-refractivity contribution in [2.24, 2.45) is 10.7 Å². The van der Waals surface area contributed by atoms with E-state index in [9.17, 15) is 24.3 Å². The van der Waals surface area contributed by atoms with Crippen LogP contribution in [0.25, 0.3) is 16.5 Å². The highest BCUT2D eigenvalue weighted by atomic mass is 16.5. The highest BCUT2D eigenvalue weighted by Crippen LogP contribution is 2.39. The number of imide groups is 1. The molecule has 0 aliphatic carbocycles. The summed E-state index contributed by atoms with van der Waals surface area (Å²) in [6, 6.07) is 11.0. The monoisotopic (exact) mass is 716 g/mol. The Hall–Kier alpha value is -4.65. The second-order valence-electron chi connectivity index (χ2n) is 13.6. The van der Waals surface area contributed by atoms with Gasteiger partial charge in [0, 0.05) is 46.3 Å². The first kappa shape index (κ1) is 41.8. The van der Waals surface area contributed by atoms with Crippen molar-refractivity contribution in [1.29, 1.82) is 0 Å². The molecule has 2 saturated heterocycles. The fraction of sp³-hybridized carbons (Fsp3) is 0.475. The number of amides is 2. The van der Waals surface area contributed by atoms with Gasteiger partial charge in [0.05, 0.1) is 30.0 Å². The van der Waals surface area contributed by atoms with Gasteiger partial charge in [-0.25, -0.2) is 4.90 Å². The predicted octanol–water partition coefficient (Wildman–Crippen LogP) is 5.81. The van der Waals surface area contributed by atoms with Gasteiger partial charge in [-0.3, -0.25) is 24.2 Å². The maximum Gasteiger partial charge on any atom is 0.269 e. The Labute approximate surface area is 307 Å². The van der Waals surface area contributed by atoms with Crippen molar-refractivity contribution >= 4 is 51.3 Å². The van der Waals surface area contributed by atoms with Gasteiger partial charge in [0.15, 0.2) is 17.4 Å². The van der Waals surface area contributed by atoms with E-state index in [1.54, 1.807) is 38.1 Å². The zero-order valence-corrected chi connectivity index (χ0v) is 31.1. The number of anilines is 1. The number of benzene rings is 2. The number of aromatic nitrogens is 1. The number of aliphatic imine (C=N–C) groups is 1. The maximum absolute atomic E-state index is 12.4. The number of hydrogen-bond donors (Lipinski definition) is 3. The number of carbonyl (C=O) groups is 4. The first-order valence-electron chi connectivity index (χ1n) is 17.4. The summed E-state index contributed by atoms with van der Waals surface area (Å²) >= 11 is 0. The highest BCUT2D eigenvalue weighted by Gasteiger charge is 2.37. The Morgan fingerprint density at radius 2 is 1.40 bits per heavy atom. The van der Waals surface area contributed by atoms with Crippen molar-refractivity contribution in [3.63, 3.8) is 0 Å². The molecular weight excluding hydrogens is 660 g/mol. The second-order valence-corrected chi connectivity index (χ2v) is 13.6. The summed E-state index contributed by atoms with van der Waals surface area (Å²) in [5.74, 6) is -0.340. The van der Waals surface area contributed by atoms with Crippen molar-refractivity contribution in [3.05, 3.63) is 64.4 Å². The Bertz CT molecular complexity index is 1830. The van der Waals surface area contributed by atoms with E-state index in [1.807, 2.05) is 19.1 Å². The Morgan fingerprint density at radius 3 is 1.92 bits per heavy atom. The summed E-state index contributed by atoms with van der Waals surface area (Å²) in [5, 5.41) is 11.1. The number of H-pyrrole nitrogens is 1. The lowest BCUT2D eigenvalue weighted by Gasteiger charge is -2.26. The zero-order valence-electron chi connectivity index (χ0n) is 31.1. The Morgan fingerprint density at radius 1 is 0.865 bits per heavy atom. The number of allylic oxidation sites excluding steroid dienone is 1. The van der Waals surface area contributed by atoms with Crippen LogP contribution < -0.4 is 10.6 Å². The van der Waals surface area contributed by atoms with Crippen LogP contribution in [0.1, 0.15) is 99.6 Å². The van der Waals surface area contributed by atoms with Crippen molar-refractivity contribution in [1.82, 2.24) is 14.8 Å². The second kappa shape index (κ2) is 18.2. The van der Waals surface area contributed by atoms with Crippen molar-refractivity contribution < 1.29 is 29.0 Å². The lowest BCUT2D eigenvalue weighted by atomic mass is 10.0. The van der Waals surface area contributed by atoms with Crippen molar-refractivity contribution in [2.45, 2.75) is 79.8 Å². The van der Waals surface area contributed by atoms with E-state index >= 15 is 0 Å². The molecule has 52 heavy (non-hydrogen) atoms. The van der Waals surface area contributed by atoms with Crippen LogP contribution in [-0.2, 0) is 14.3 Å². The summed E-state index contributed by atoms with van der Waals surface area (Å²) in [7, 11) is 5.73. The number of carbonyl (C=O) groups excluding carboxylic acids is 4. The summed E-state index contributed by atoms with van der Waals surface area (Å²) in [5.41, 5.74) is 10.5. The first-order chi connectivity index (χ1) is 24.1. The van der Waals surface area contributed by atoms with E-state index in [0.717, 1.165) is 47.4 Å². The van der Waals surface area contributed by atoms with Gasteiger partial charge in [-0.05, 0) is 130 Å². The molecule has 0 radical (unpaired) electrons. The largest absolute Gasteiger partial charge is 0.501 e. The van der Waals surface area contributed by atoms with Gasteiger partial charge in [0.1, 0.15) is 5.76 Å². The number of nitrogens with one attached hydrogen (secondary N) is 1. The summed E-state index contributed by atoms with van der Waals surface area (Å²) < 4.78 is 5.13. The summed E-state index contributed by atoms with van der Waals surface area (Å²) in [6.45, 7) is 12.4. The summed E-state index contributed by atoms with van der Waals surface area (Å²) in [6.07, 6.45) is 4.43. The highest BCUT2D eigenvalue weighted by molar-refractivity contribution is 6.40. The molecule has 3 aliphatic rings. The van der Waals surface area contributed by atoms with Gasteiger partial charge in [-0.1, -0.05) is 7.43 Å². The normalized spacial score (nSPS) is 18.1. The number of aromatic amines is 1. The molecule has 3 aromatic rings.